The van der Waals surface area contributed by atoms with E-state index in [4.69, 9.17) is 0 Å². The van der Waals surface area contributed by atoms with Crippen molar-refractivity contribution in [2.24, 2.45) is 0 Å². The molecule has 0 aliphatic rings. The molecular formula is C9H16Mg2O3. The third kappa shape index (κ3) is 8.74. The third-order valence-electron chi connectivity index (χ3n) is 1.21. The summed E-state index contributed by atoms with van der Waals surface area (Å²) in [7, 11) is 0. The molecule has 0 spiro atoms. The van der Waals surface area contributed by atoms with E-state index in [2.05, 4.69) is 11.3 Å². The van der Waals surface area contributed by atoms with E-state index in [0.717, 1.165) is 0 Å². The van der Waals surface area contributed by atoms with Gasteiger partial charge in [-0.2, -0.15) is 0 Å². The third-order valence-corrected chi connectivity index (χ3v) is 1.21. The molecule has 0 saturated heterocycles. The number of ether oxygens (including phenoxy) is 1. The largest absolute Gasteiger partial charge is 2.00 e. The zero-order valence-electron chi connectivity index (χ0n) is 12.7. The molecule has 5 heteroatoms. The Kier molecular flexibility index (Phi) is 15.8. The van der Waals surface area contributed by atoms with Gasteiger partial charge in [0.25, 0.3) is 0 Å². The van der Waals surface area contributed by atoms with E-state index in [1.807, 2.05) is 0 Å². The molecule has 0 radical (unpaired) electrons. The maximum absolute atomic E-state index is 10.9. The van der Waals surface area contributed by atoms with Gasteiger partial charge >= 0.3 is 58.0 Å². The zero-order chi connectivity index (χ0) is 9.56. The van der Waals surface area contributed by atoms with E-state index in [9.17, 15) is 9.59 Å². The normalized spacial score (nSPS) is 8.43. The first-order chi connectivity index (χ1) is 5.61. The summed E-state index contributed by atoms with van der Waals surface area (Å²) in [4.78, 5) is 21.6. The Labute approximate surface area is 122 Å². The Balaban J connectivity index is -0.0000000403. The molecule has 0 aliphatic carbocycles. The molecule has 0 saturated carbocycles. The van der Waals surface area contributed by atoms with Crippen LogP contribution < -0.4 is 0 Å². The molecule has 3 nitrogen and oxygen atoms in total. The minimum atomic E-state index is -0.655. The molecule has 14 heavy (non-hydrogen) atoms. The second-order valence-corrected chi connectivity index (χ2v) is 2.17. The zero-order valence-corrected chi connectivity index (χ0v) is 11.5. The molecular weight excluding hydrogens is 205 g/mol. The van der Waals surface area contributed by atoms with Gasteiger partial charge in [0, 0.05) is 11.6 Å². The van der Waals surface area contributed by atoms with Crippen LogP contribution in [0.15, 0.2) is 24.3 Å². The van der Waals surface area contributed by atoms with Gasteiger partial charge in [-0.05, 0) is 13.3 Å². The summed E-state index contributed by atoms with van der Waals surface area (Å²) >= 11 is 0. The fourth-order valence-corrected chi connectivity index (χ4v) is 0.478. The number of hydrogen-bond donors (Lipinski definition) is 0. The quantitative estimate of drug-likeness (QED) is 0.312. The molecule has 0 bridgehead atoms. The number of rotatable bonds is 3. The second-order valence-electron chi connectivity index (χ2n) is 2.17. The molecule has 0 amide bonds. The van der Waals surface area contributed by atoms with Gasteiger partial charge in [0.1, 0.15) is 0 Å². The molecule has 0 heterocycles. The molecule has 0 rings (SSSR count). The van der Waals surface area contributed by atoms with Crippen LogP contribution in [0.2, 0.25) is 0 Å². The Morgan fingerprint density at radius 3 is 2.29 bits per heavy atom. The summed E-state index contributed by atoms with van der Waals surface area (Å²) in [6, 6.07) is 0. The van der Waals surface area contributed by atoms with Crippen LogP contribution in [-0.2, 0) is 14.3 Å². The fourth-order valence-electron chi connectivity index (χ4n) is 0.478. The first kappa shape index (κ1) is 19.7. The molecule has 0 unspecified atom stereocenters. The molecule has 74 valence electrons. The van der Waals surface area contributed by atoms with Crippen molar-refractivity contribution in [3.8, 4) is 0 Å². The first-order valence-electron chi connectivity index (χ1n) is 3.68. The Morgan fingerprint density at radius 1 is 1.43 bits per heavy atom. The van der Waals surface area contributed by atoms with E-state index in [0.29, 0.717) is 12.0 Å². The molecule has 0 atom stereocenters. The van der Waals surface area contributed by atoms with E-state index in [1.54, 1.807) is 13.8 Å². The SMILES string of the molecule is C=C(CC)C(=O)OC(=O)C=CC.[H-].[H-].[H-].[H-].[Mg+2].[Mg+2]. The van der Waals surface area contributed by atoms with Gasteiger partial charge in [0.15, 0.2) is 0 Å². The van der Waals surface area contributed by atoms with Crippen LogP contribution in [0.4, 0.5) is 0 Å². The van der Waals surface area contributed by atoms with Crippen molar-refractivity contribution in [3.05, 3.63) is 24.3 Å². The fraction of sp³-hybridized carbons (Fsp3) is 0.333. The van der Waals surface area contributed by atoms with Gasteiger partial charge in [-0.1, -0.05) is 19.6 Å². The van der Waals surface area contributed by atoms with Crippen molar-refractivity contribution in [1.82, 2.24) is 0 Å². The summed E-state index contributed by atoms with van der Waals surface area (Å²) in [6.45, 7) is 6.87. The average molecular weight is 221 g/mol. The van der Waals surface area contributed by atoms with E-state index in [-0.39, 0.29) is 51.8 Å². The second kappa shape index (κ2) is 11.2. The molecule has 0 aliphatic heterocycles. The Morgan fingerprint density at radius 2 is 1.93 bits per heavy atom. The van der Waals surface area contributed by atoms with Crippen molar-refractivity contribution in [1.29, 1.82) is 0 Å². The van der Waals surface area contributed by atoms with Crippen molar-refractivity contribution in [2.45, 2.75) is 20.3 Å². The van der Waals surface area contributed by atoms with Crippen molar-refractivity contribution in [2.75, 3.05) is 0 Å². The number of esters is 2. The van der Waals surface area contributed by atoms with Crippen LogP contribution in [0, 0.1) is 0 Å². The molecule has 0 aromatic carbocycles. The predicted octanol–water partition coefficient (Wildman–Crippen LogP) is 1.29. The maximum atomic E-state index is 10.9. The number of hydrogen-bond acceptors (Lipinski definition) is 3. The smallest absolute Gasteiger partial charge is 1.00 e. The predicted molar refractivity (Wildman–Crippen MR) is 61.3 cm³/mol. The summed E-state index contributed by atoms with van der Waals surface area (Å²) in [6.07, 6.45) is 3.17. The number of allylic oxidation sites excluding steroid dienone is 1. The van der Waals surface area contributed by atoms with Crippen LogP contribution >= 0.6 is 0 Å². The summed E-state index contributed by atoms with van der Waals surface area (Å²) < 4.78 is 4.38. The van der Waals surface area contributed by atoms with Crippen LogP contribution in [-0.4, -0.2) is 58.0 Å². The Hall–Kier alpha value is 0.152. The minimum Gasteiger partial charge on any atom is -1.00 e. The topological polar surface area (TPSA) is 43.4 Å². The summed E-state index contributed by atoms with van der Waals surface area (Å²) in [5.74, 6) is -1.31. The van der Waals surface area contributed by atoms with Gasteiger partial charge in [0.2, 0.25) is 0 Å². The van der Waals surface area contributed by atoms with Crippen molar-refractivity contribution >= 4 is 58.0 Å². The van der Waals surface area contributed by atoms with Gasteiger partial charge in [-0.25, -0.2) is 9.59 Å². The van der Waals surface area contributed by atoms with E-state index < -0.39 is 11.9 Å². The van der Waals surface area contributed by atoms with Crippen LogP contribution in [0.3, 0.4) is 0 Å². The van der Waals surface area contributed by atoms with Gasteiger partial charge in [-0.3, -0.25) is 0 Å². The van der Waals surface area contributed by atoms with Gasteiger partial charge in [0.05, 0.1) is 0 Å². The Bertz CT molecular complexity index is 248. The van der Waals surface area contributed by atoms with Crippen molar-refractivity contribution in [3.63, 3.8) is 0 Å². The van der Waals surface area contributed by atoms with Crippen LogP contribution in [0.5, 0.6) is 0 Å². The maximum Gasteiger partial charge on any atom is 2.00 e. The first-order valence-corrected chi connectivity index (χ1v) is 3.68. The van der Waals surface area contributed by atoms with Crippen LogP contribution in [0.1, 0.15) is 26.0 Å². The average Bonchev–Trinajstić information content (AvgIpc) is 2.03. The molecule has 0 aromatic rings. The molecule has 0 aromatic heterocycles. The standard InChI is InChI=1S/C9H12O3.2Mg.4H/c1-4-6-8(10)12-9(11)7(3)5-2;;;;;;/h4,6H,3,5H2,1-2H3;;;;;;/q;2*+2;4*-1. The number of carbonyl (C=O) groups excluding carboxylic acids is 2. The van der Waals surface area contributed by atoms with Crippen LogP contribution in [0.25, 0.3) is 0 Å². The van der Waals surface area contributed by atoms with E-state index in [1.165, 1.54) is 12.2 Å². The minimum absolute atomic E-state index is 0. The molecule has 0 N–H and O–H groups in total. The van der Waals surface area contributed by atoms with Gasteiger partial charge < -0.3 is 10.4 Å². The molecule has 0 fully saturated rings. The summed E-state index contributed by atoms with van der Waals surface area (Å²) in [5.41, 5.74) is 0.299. The van der Waals surface area contributed by atoms with Crippen molar-refractivity contribution < 1.29 is 20.0 Å². The van der Waals surface area contributed by atoms with Gasteiger partial charge in [-0.15, -0.1) is 0 Å². The number of carbonyl (C=O) groups is 2. The van der Waals surface area contributed by atoms with E-state index >= 15 is 0 Å². The monoisotopic (exact) mass is 220 g/mol. The summed E-state index contributed by atoms with van der Waals surface area (Å²) in [5, 5.41) is 0.